The Balaban J connectivity index is 1.61. The highest BCUT2D eigenvalue weighted by atomic mass is 16.5. The summed E-state index contributed by atoms with van der Waals surface area (Å²) < 4.78 is 5.12. The summed E-state index contributed by atoms with van der Waals surface area (Å²) in [5.74, 6) is 1.48. The van der Waals surface area contributed by atoms with Gasteiger partial charge < -0.3 is 20.3 Å². The van der Waals surface area contributed by atoms with Crippen LogP contribution in [-0.4, -0.2) is 62.6 Å². The molecule has 2 N–H and O–H groups in total. The first-order valence-electron chi connectivity index (χ1n) is 10.5. The summed E-state index contributed by atoms with van der Waals surface area (Å²) >= 11 is 0. The van der Waals surface area contributed by atoms with Gasteiger partial charge in [0.15, 0.2) is 5.96 Å². The second-order valence-electron chi connectivity index (χ2n) is 7.55. The van der Waals surface area contributed by atoms with Crippen molar-refractivity contribution in [3.63, 3.8) is 0 Å². The van der Waals surface area contributed by atoms with Gasteiger partial charge in [0.25, 0.3) is 0 Å². The summed E-state index contributed by atoms with van der Waals surface area (Å²) in [5, 5.41) is 6.32. The fraction of sp³-hybridized carbons (Fsp3) is 0.850. The average Bonchev–Trinajstić information content (AvgIpc) is 2.69. The molecule has 0 atom stereocenters. The van der Waals surface area contributed by atoms with Crippen molar-refractivity contribution in [3.8, 4) is 0 Å². The minimum absolute atomic E-state index is 0.00150. The third-order valence-corrected chi connectivity index (χ3v) is 5.56. The second-order valence-corrected chi connectivity index (χ2v) is 7.55. The number of aliphatic imine (C=N–C) groups is 1. The molecule has 0 unspecified atom stereocenters. The number of ether oxygens (including phenoxy) is 1. The van der Waals surface area contributed by atoms with Gasteiger partial charge in [0.2, 0.25) is 5.91 Å². The number of guanidine groups is 1. The summed E-state index contributed by atoms with van der Waals surface area (Å²) in [7, 11) is 1.77. The Morgan fingerprint density at radius 2 is 1.70 bits per heavy atom. The number of rotatable bonds is 7. The summed E-state index contributed by atoms with van der Waals surface area (Å²) in [6.07, 6.45) is 8.48. The quantitative estimate of drug-likeness (QED) is 0.305. The Labute approximate surface area is 163 Å². The summed E-state index contributed by atoms with van der Waals surface area (Å²) in [6.45, 7) is 5.11. The summed E-state index contributed by atoms with van der Waals surface area (Å²) in [5.41, 5.74) is 0. The van der Waals surface area contributed by atoms with Crippen molar-refractivity contribution >= 4 is 17.8 Å². The van der Waals surface area contributed by atoms with Crippen LogP contribution in [0.15, 0.2) is 4.99 Å². The number of carbonyl (C=O) groups excluding carboxylic acids is 2. The molecule has 1 aliphatic carbocycles. The van der Waals surface area contributed by atoms with E-state index < -0.39 is 0 Å². The van der Waals surface area contributed by atoms with Crippen LogP contribution in [0.2, 0.25) is 0 Å². The number of amides is 1. The third kappa shape index (κ3) is 7.39. The van der Waals surface area contributed by atoms with Crippen LogP contribution in [0.3, 0.4) is 0 Å². The molecular formula is C20H36N4O3. The summed E-state index contributed by atoms with van der Waals surface area (Å²) in [4.78, 5) is 30.4. The van der Waals surface area contributed by atoms with Gasteiger partial charge in [-0.05, 0) is 38.5 Å². The maximum absolute atomic E-state index is 12.1. The topological polar surface area (TPSA) is 83.0 Å². The van der Waals surface area contributed by atoms with Crippen molar-refractivity contribution in [2.45, 2.75) is 58.3 Å². The molecule has 2 aliphatic rings. The van der Waals surface area contributed by atoms with E-state index in [2.05, 4.69) is 20.5 Å². The van der Waals surface area contributed by atoms with Gasteiger partial charge in [0, 0.05) is 39.6 Å². The first-order valence-corrected chi connectivity index (χ1v) is 10.5. The smallest absolute Gasteiger partial charge is 0.309 e. The number of hydrogen-bond acceptors (Lipinski definition) is 4. The van der Waals surface area contributed by atoms with E-state index >= 15 is 0 Å². The number of esters is 1. The molecule has 7 heteroatoms. The first-order chi connectivity index (χ1) is 13.1. The lowest BCUT2D eigenvalue weighted by molar-refractivity contribution is -0.149. The van der Waals surface area contributed by atoms with Crippen LogP contribution in [0, 0.1) is 11.8 Å². The lowest BCUT2D eigenvalue weighted by Crippen LogP contribution is -2.48. The van der Waals surface area contributed by atoms with E-state index in [1.165, 1.54) is 32.1 Å². The van der Waals surface area contributed by atoms with Crippen LogP contribution in [0.4, 0.5) is 0 Å². The molecule has 154 valence electrons. The van der Waals surface area contributed by atoms with Crippen LogP contribution in [-0.2, 0) is 14.3 Å². The van der Waals surface area contributed by atoms with E-state index in [4.69, 9.17) is 4.74 Å². The lowest BCUT2D eigenvalue weighted by atomic mass is 9.87. The molecule has 2 fully saturated rings. The van der Waals surface area contributed by atoms with Gasteiger partial charge in [-0.1, -0.05) is 19.3 Å². The molecule has 27 heavy (non-hydrogen) atoms. The maximum Gasteiger partial charge on any atom is 0.309 e. The zero-order valence-electron chi connectivity index (χ0n) is 17.0. The van der Waals surface area contributed by atoms with Gasteiger partial charge in [0.05, 0.1) is 12.5 Å². The van der Waals surface area contributed by atoms with Crippen LogP contribution in [0.25, 0.3) is 0 Å². The van der Waals surface area contributed by atoms with Crippen LogP contribution < -0.4 is 10.6 Å². The average molecular weight is 381 g/mol. The molecule has 2 rings (SSSR count). The second kappa shape index (κ2) is 11.8. The van der Waals surface area contributed by atoms with E-state index in [9.17, 15) is 9.59 Å². The molecule has 1 heterocycles. The van der Waals surface area contributed by atoms with Crippen LogP contribution in [0.1, 0.15) is 58.3 Å². The molecule has 1 amide bonds. The Bertz CT molecular complexity index is 495. The van der Waals surface area contributed by atoms with Gasteiger partial charge in [0.1, 0.15) is 0 Å². The van der Waals surface area contributed by atoms with Gasteiger partial charge in [-0.15, -0.1) is 0 Å². The van der Waals surface area contributed by atoms with Crippen LogP contribution in [0.5, 0.6) is 0 Å². The number of piperidine rings is 1. The molecule has 7 nitrogen and oxygen atoms in total. The summed E-state index contributed by atoms with van der Waals surface area (Å²) in [6, 6.07) is 0. The van der Waals surface area contributed by atoms with Crippen molar-refractivity contribution in [3.05, 3.63) is 0 Å². The molecule has 0 radical (unpaired) electrons. The Kier molecular flexibility index (Phi) is 9.42. The zero-order chi connectivity index (χ0) is 19.5. The van der Waals surface area contributed by atoms with Gasteiger partial charge in [-0.2, -0.15) is 0 Å². The highest BCUT2D eigenvalue weighted by Gasteiger charge is 2.27. The fourth-order valence-electron chi connectivity index (χ4n) is 4.02. The van der Waals surface area contributed by atoms with E-state index in [-0.39, 0.29) is 17.8 Å². The van der Waals surface area contributed by atoms with E-state index in [1.807, 2.05) is 6.92 Å². The predicted molar refractivity (Wildman–Crippen MR) is 106 cm³/mol. The van der Waals surface area contributed by atoms with E-state index in [1.54, 1.807) is 7.05 Å². The third-order valence-electron chi connectivity index (χ3n) is 5.56. The highest BCUT2D eigenvalue weighted by molar-refractivity contribution is 5.80. The molecule has 1 saturated heterocycles. The van der Waals surface area contributed by atoms with E-state index in [0.29, 0.717) is 32.0 Å². The monoisotopic (exact) mass is 380 g/mol. The molecule has 1 saturated carbocycles. The lowest BCUT2D eigenvalue weighted by Gasteiger charge is -2.33. The van der Waals surface area contributed by atoms with Crippen molar-refractivity contribution in [2.75, 3.05) is 39.8 Å². The van der Waals surface area contributed by atoms with Crippen LogP contribution >= 0.6 is 0 Å². The Morgan fingerprint density at radius 1 is 1.04 bits per heavy atom. The SMILES string of the molecule is CCOC(=O)C1CCN(C(=NC)NCCNC(=O)CC2CCCCC2)CC1. The molecule has 0 aromatic rings. The standard InChI is InChI=1S/C20H36N4O3/c1-3-27-19(26)17-9-13-24(14-10-17)20(21-2)23-12-11-22-18(25)15-16-7-5-4-6-8-16/h16-17H,3-15H2,1-2H3,(H,21,23)(H,22,25). The largest absolute Gasteiger partial charge is 0.466 e. The predicted octanol–water partition coefficient (Wildman–Crippen LogP) is 1.92. The van der Waals surface area contributed by atoms with Crippen molar-refractivity contribution in [1.82, 2.24) is 15.5 Å². The first kappa shape index (κ1) is 21.5. The number of nitrogens with zero attached hydrogens (tertiary/aromatic N) is 2. The zero-order valence-corrected chi connectivity index (χ0v) is 17.0. The van der Waals surface area contributed by atoms with Crippen molar-refractivity contribution in [2.24, 2.45) is 16.8 Å². The van der Waals surface area contributed by atoms with Gasteiger partial charge in [-0.25, -0.2) is 0 Å². The minimum atomic E-state index is -0.0826. The Hall–Kier alpha value is -1.79. The molecule has 0 aromatic carbocycles. The van der Waals surface area contributed by atoms with Crippen molar-refractivity contribution < 1.29 is 14.3 Å². The van der Waals surface area contributed by atoms with Gasteiger partial charge in [-0.3, -0.25) is 14.6 Å². The molecule has 0 spiro atoms. The fourth-order valence-corrected chi connectivity index (χ4v) is 4.02. The molecular weight excluding hydrogens is 344 g/mol. The number of hydrogen-bond donors (Lipinski definition) is 2. The number of likely N-dealkylation sites (tertiary alicyclic amines) is 1. The normalized spacial score (nSPS) is 19.6. The maximum atomic E-state index is 12.1. The van der Waals surface area contributed by atoms with E-state index in [0.717, 1.165) is 31.9 Å². The van der Waals surface area contributed by atoms with Crippen molar-refractivity contribution in [1.29, 1.82) is 0 Å². The molecule has 0 bridgehead atoms. The molecule has 0 aromatic heterocycles. The molecule has 1 aliphatic heterocycles. The number of nitrogens with one attached hydrogen (secondary N) is 2. The minimum Gasteiger partial charge on any atom is -0.466 e. The Morgan fingerprint density at radius 3 is 2.33 bits per heavy atom. The van der Waals surface area contributed by atoms with Gasteiger partial charge >= 0.3 is 5.97 Å². The number of carbonyl (C=O) groups is 2. The highest BCUT2D eigenvalue weighted by Crippen LogP contribution is 2.26.